The van der Waals surface area contributed by atoms with Crippen molar-refractivity contribution in [3.63, 3.8) is 0 Å². The van der Waals surface area contributed by atoms with Crippen molar-refractivity contribution in [1.29, 1.82) is 0 Å². The summed E-state index contributed by atoms with van der Waals surface area (Å²) in [5.74, 6) is -0.173. The third kappa shape index (κ3) is 5.57. The Morgan fingerprint density at radius 1 is 1.45 bits per heavy atom. The van der Waals surface area contributed by atoms with Gasteiger partial charge in [0.05, 0.1) is 13.1 Å². The van der Waals surface area contributed by atoms with Crippen LogP contribution in [-0.4, -0.2) is 43.6 Å². The first-order chi connectivity index (χ1) is 9.54. The second kappa shape index (κ2) is 8.53. The smallest absolute Gasteiger partial charge is 0.236 e. The average Bonchev–Trinajstić information content (AvgIpc) is 2.46. The maximum absolute atomic E-state index is 13.3. The summed E-state index contributed by atoms with van der Waals surface area (Å²) >= 11 is 0. The van der Waals surface area contributed by atoms with Crippen molar-refractivity contribution >= 4 is 5.91 Å². The van der Waals surface area contributed by atoms with E-state index in [0.717, 1.165) is 6.42 Å². The van der Waals surface area contributed by atoms with Gasteiger partial charge in [-0.3, -0.25) is 4.79 Å². The van der Waals surface area contributed by atoms with E-state index in [4.69, 9.17) is 4.74 Å². The number of rotatable bonds is 8. The molecule has 4 nitrogen and oxygen atoms in total. The minimum Gasteiger partial charge on any atom is -0.489 e. The van der Waals surface area contributed by atoms with Crippen LogP contribution in [0.1, 0.15) is 20.3 Å². The second-order valence-electron chi connectivity index (χ2n) is 4.78. The van der Waals surface area contributed by atoms with Gasteiger partial charge in [0.15, 0.2) is 11.6 Å². The highest BCUT2D eigenvalue weighted by Gasteiger charge is 2.10. The first-order valence-corrected chi connectivity index (χ1v) is 6.89. The topological polar surface area (TPSA) is 41.6 Å². The Morgan fingerprint density at radius 3 is 2.80 bits per heavy atom. The van der Waals surface area contributed by atoms with Crippen molar-refractivity contribution in [2.75, 3.05) is 26.7 Å². The third-order valence-corrected chi connectivity index (χ3v) is 3.16. The minimum atomic E-state index is -0.389. The van der Waals surface area contributed by atoms with Crippen LogP contribution in [0.4, 0.5) is 4.39 Å². The van der Waals surface area contributed by atoms with Gasteiger partial charge in [-0.05, 0) is 25.5 Å². The molecule has 0 saturated carbocycles. The first kappa shape index (κ1) is 16.4. The van der Waals surface area contributed by atoms with Gasteiger partial charge in [-0.1, -0.05) is 19.1 Å². The number of hydrogen-bond acceptors (Lipinski definition) is 3. The Labute approximate surface area is 119 Å². The number of nitrogens with one attached hydrogen (secondary N) is 1. The first-order valence-electron chi connectivity index (χ1n) is 6.89. The molecule has 112 valence electrons. The molecule has 0 radical (unpaired) electrons. The lowest BCUT2D eigenvalue weighted by molar-refractivity contribution is -0.129. The van der Waals surface area contributed by atoms with Gasteiger partial charge in [0, 0.05) is 13.1 Å². The molecule has 0 fully saturated rings. The highest BCUT2D eigenvalue weighted by atomic mass is 19.1. The molecule has 0 aliphatic carbocycles. The molecular formula is C15H23FN2O2. The van der Waals surface area contributed by atoms with Crippen molar-refractivity contribution in [3.8, 4) is 5.75 Å². The summed E-state index contributed by atoms with van der Waals surface area (Å²) in [4.78, 5) is 13.4. The van der Waals surface area contributed by atoms with E-state index in [1.807, 2.05) is 6.92 Å². The monoisotopic (exact) mass is 282 g/mol. The fourth-order valence-electron chi connectivity index (χ4n) is 1.52. The SMILES string of the molecule is CCC(C)NCC(=O)N(C)CCOc1ccccc1F. The lowest BCUT2D eigenvalue weighted by Crippen LogP contribution is -2.40. The third-order valence-electron chi connectivity index (χ3n) is 3.16. The molecule has 1 unspecified atom stereocenters. The number of carbonyl (C=O) groups is 1. The van der Waals surface area contributed by atoms with E-state index < -0.39 is 0 Å². The summed E-state index contributed by atoms with van der Waals surface area (Å²) in [5.41, 5.74) is 0. The summed E-state index contributed by atoms with van der Waals surface area (Å²) < 4.78 is 18.6. The average molecular weight is 282 g/mol. The fraction of sp³-hybridized carbons (Fsp3) is 0.533. The van der Waals surface area contributed by atoms with Crippen molar-refractivity contribution in [1.82, 2.24) is 10.2 Å². The molecule has 20 heavy (non-hydrogen) atoms. The number of ether oxygens (including phenoxy) is 1. The predicted octanol–water partition coefficient (Wildman–Crippen LogP) is 2.05. The van der Waals surface area contributed by atoms with Crippen molar-refractivity contribution < 1.29 is 13.9 Å². The minimum absolute atomic E-state index is 0.00225. The summed E-state index contributed by atoms with van der Waals surface area (Å²) in [6.45, 7) is 5.11. The molecule has 1 rings (SSSR count). The summed E-state index contributed by atoms with van der Waals surface area (Å²) in [5, 5.41) is 3.14. The molecule has 1 N–H and O–H groups in total. The zero-order valence-electron chi connectivity index (χ0n) is 12.4. The molecule has 0 spiro atoms. The van der Waals surface area contributed by atoms with Crippen molar-refractivity contribution in [2.24, 2.45) is 0 Å². The maximum Gasteiger partial charge on any atom is 0.236 e. The number of halogens is 1. The Kier molecular flexibility index (Phi) is 7.01. The van der Waals surface area contributed by atoms with Gasteiger partial charge in [0.1, 0.15) is 6.61 Å². The van der Waals surface area contributed by atoms with Crippen molar-refractivity contribution in [2.45, 2.75) is 26.3 Å². The van der Waals surface area contributed by atoms with Crippen LogP contribution in [0, 0.1) is 5.82 Å². The molecule has 0 bridgehead atoms. The van der Waals surface area contributed by atoms with Gasteiger partial charge in [-0.2, -0.15) is 0 Å². The van der Waals surface area contributed by atoms with Gasteiger partial charge in [-0.15, -0.1) is 0 Å². The van der Waals surface area contributed by atoms with Crippen LogP contribution in [0.25, 0.3) is 0 Å². The molecule has 0 aliphatic rings. The van der Waals surface area contributed by atoms with E-state index in [1.54, 1.807) is 30.1 Å². The molecule has 0 heterocycles. The van der Waals surface area contributed by atoms with E-state index in [-0.39, 0.29) is 24.1 Å². The van der Waals surface area contributed by atoms with Crippen LogP contribution in [0.15, 0.2) is 24.3 Å². The van der Waals surface area contributed by atoms with E-state index in [1.165, 1.54) is 6.07 Å². The van der Waals surface area contributed by atoms with Crippen molar-refractivity contribution in [3.05, 3.63) is 30.1 Å². The van der Waals surface area contributed by atoms with Gasteiger partial charge < -0.3 is 15.0 Å². The molecule has 1 atom stereocenters. The number of carbonyl (C=O) groups excluding carboxylic acids is 1. The fourth-order valence-corrected chi connectivity index (χ4v) is 1.52. The molecule has 1 amide bonds. The normalized spacial score (nSPS) is 12.0. The van der Waals surface area contributed by atoms with Crippen LogP contribution in [0.3, 0.4) is 0 Å². The zero-order valence-corrected chi connectivity index (χ0v) is 12.4. The highest BCUT2D eigenvalue weighted by Crippen LogP contribution is 2.14. The lowest BCUT2D eigenvalue weighted by atomic mass is 10.2. The predicted molar refractivity (Wildman–Crippen MR) is 77.3 cm³/mol. The number of amides is 1. The van der Waals surface area contributed by atoms with E-state index >= 15 is 0 Å². The largest absolute Gasteiger partial charge is 0.489 e. The van der Waals surface area contributed by atoms with Crippen LogP contribution < -0.4 is 10.1 Å². The number of para-hydroxylation sites is 1. The number of benzene rings is 1. The summed E-state index contributed by atoms with van der Waals surface area (Å²) in [6.07, 6.45) is 0.980. The standard InChI is InChI=1S/C15H23FN2O2/c1-4-12(2)17-11-15(19)18(3)9-10-20-14-8-6-5-7-13(14)16/h5-8,12,17H,4,9-11H2,1-3H3. The molecular weight excluding hydrogens is 259 g/mol. The van der Waals surface area contributed by atoms with Gasteiger partial charge >= 0.3 is 0 Å². The van der Waals surface area contributed by atoms with E-state index in [9.17, 15) is 9.18 Å². The number of hydrogen-bond donors (Lipinski definition) is 1. The molecule has 0 saturated heterocycles. The van der Waals surface area contributed by atoms with E-state index in [2.05, 4.69) is 12.2 Å². The maximum atomic E-state index is 13.3. The Bertz CT molecular complexity index is 426. The number of nitrogens with zero attached hydrogens (tertiary/aromatic N) is 1. The van der Waals surface area contributed by atoms with Gasteiger partial charge in [-0.25, -0.2) is 4.39 Å². The van der Waals surface area contributed by atoms with Crippen LogP contribution in [0.2, 0.25) is 0 Å². The highest BCUT2D eigenvalue weighted by molar-refractivity contribution is 5.77. The molecule has 1 aromatic carbocycles. The number of likely N-dealkylation sites (N-methyl/N-ethyl adjacent to an activating group) is 1. The molecule has 1 aromatic rings. The van der Waals surface area contributed by atoms with Crippen LogP contribution >= 0.6 is 0 Å². The lowest BCUT2D eigenvalue weighted by Gasteiger charge is -2.19. The quantitative estimate of drug-likeness (QED) is 0.793. The molecule has 5 heteroatoms. The van der Waals surface area contributed by atoms with E-state index in [0.29, 0.717) is 19.1 Å². The second-order valence-corrected chi connectivity index (χ2v) is 4.78. The molecule has 0 aromatic heterocycles. The van der Waals surface area contributed by atoms with Gasteiger partial charge in [0.2, 0.25) is 5.91 Å². The van der Waals surface area contributed by atoms with Crippen LogP contribution in [0.5, 0.6) is 5.75 Å². The Balaban J connectivity index is 2.27. The zero-order chi connectivity index (χ0) is 15.0. The summed E-state index contributed by atoms with van der Waals surface area (Å²) in [6, 6.07) is 6.56. The Morgan fingerprint density at radius 2 is 2.15 bits per heavy atom. The molecule has 0 aliphatic heterocycles. The Hall–Kier alpha value is -1.62. The summed E-state index contributed by atoms with van der Waals surface area (Å²) in [7, 11) is 1.71. The van der Waals surface area contributed by atoms with Gasteiger partial charge in [0.25, 0.3) is 0 Å². The van der Waals surface area contributed by atoms with Crippen LogP contribution in [-0.2, 0) is 4.79 Å².